The van der Waals surface area contributed by atoms with Crippen molar-refractivity contribution in [3.8, 4) is 0 Å². The first kappa shape index (κ1) is 16.7. The number of hydrogen-bond donors (Lipinski definition) is 1. The van der Waals surface area contributed by atoms with Crippen molar-refractivity contribution in [1.82, 2.24) is 5.32 Å². The van der Waals surface area contributed by atoms with Crippen LogP contribution in [0.5, 0.6) is 0 Å². The van der Waals surface area contributed by atoms with E-state index in [0.717, 1.165) is 18.9 Å². The van der Waals surface area contributed by atoms with Gasteiger partial charge in [0.25, 0.3) is 5.91 Å². The number of ether oxygens (including phenoxy) is 1. The lowest BCUT2D eigenvalue weighted by atomic mass is 10.2. The Hall–Kier alpha value is -1.69. The van der Waals surface area contributed by atoms with E-state index in [4.69, 9.17) is 4.74 Å². The molecule has 0 spiro atoms. The van der Waals surface area contributed by atoms with E-state index in [0.29, 0.717) is 10.4 Å². The highest BCUT2D eigenvalue weighted by atomic mass is 79.9. The number of nitrogens with one attached hydrogen (secondary N) is 1. The highest BCUT2D eigenvalue weighted by Crippen LogP contribution is 2.32. The van der Waals surface area contributed by atoms with Crippen LogP contribution in [0, 0.1) is 11.7 Å². The Labute approximate surface area is 136 Å². The molecule has 118 valence electrons. The third kappa shape index (κ3) is 5.26. The van der Waals surface area contributed by atoms with E-state index in [9.17, 15) is 14.0 Å². The summed E-state index contributed by atoms with van der Waals surface area (Å²) in [6.07, 6.45) is 4.67. The fraction of sp³-hybridized carbons (Fsp3) is 0.375. The Morgan fingerprint density at radius 2 is 2.23 bits per heavy atom. The molecule has 1 aromatic carbocycles. The average molecular weight is 370 g/mol. The van der Waals surface area contributed by atoms with E-state index < -0.39 is 11.8 Å². The molecule has 1 aliphatic carbocycles. The van der Waals surface area contributed by atoms with Gasteiger partial charge < -0.3 is 10.1 Å². The van der Waals surface area contributed by atoms with Crippen LogP contribution in [-0.4, -0.2) is 24.5 Å². The van der Waals surface area contributed by atoms with Crippen molar-refractivity contribution in [2.75, 3.05) is 6.61 Å². The minimum Gasteiger partial charge on any atom is -0.452 e. The van der Waals surface area contributed by atoms with Gasteiger partial charge in [-0.1, -0.05) is 15.9 Å². The molecule has 0 bridgehead atoms. The highest BCUT2D eigenvalue weighted by molar-refractivity contribution is 9.10. The summed E-state index contributed by atoms with van der Waals surface area (Å²) >= 11 is 3.22. The molecule has 1 atom stereocenters. The van der Waals surface area contributed by atoms with Gasteiger partial charge in [-0.2, -0.15) is 0 Å². The fourth-order valence-corrected chi connectivity index (χ4v) is 2.37. The molecule has 1 amide bonds. The molecule has 0 saturated heterocycles. The summed E-state index contributed by atoms with van der Waals surface area (Å²) in [5.74, 6) is -0.911. The predicted molar refractivity (Wildman–Crippen MR) is 84.4 cm³/mol. The third-order valence-electron chi connectivity index (χ3n) is 3.42. The van der Waals surface area contributed by atoms with Crippen LogP contribution in [-0.2, 0) is 14.3 Å². The SMILES string of the molecule is C[C@@H](NC(=O)COC(=O)/C=C/c1cc(Br)ccc1F)C1CC1. The van der Waals surface area contributed by atoms with Gasteiger partial charge in [0.05, 0.1) is 0 Å². The van der Waals surface area contributed by atoms with Gasteiger partial charge in [0.1, 0.15) is 5.82 Å². The van der Waals surface area contributed by atoms with E-state index >= 15 is 0 Å². The van der Waals surface area contributed by atoms with Crippen LogP contribution >= 0.6 is 15.9 Å². The van der Waals surface area contributed by atoms with E-state index in [2.05, 4.69) is 21.2 Å². The second-order valence-corrected chi connectivity index (χ2v) is 6.22. The van der Waals surface area contributed by atoms with Gasteiger partial charge in [-0.3, -0.25) is 4.79 Å². The number of halogens is 2. The minimum absolute atomic E-state index is 0.109. The second kappa shape index (κ2) is 7.54. The third-order valence-corrected chi connectivity index (χ3v) is 3.91. The molecule has 1 saturated carbocycles. The van der Waals surface area contributed by atoms with Crippen LogP contribution < -0.4 is 5.32 Å². The fourth-order valence-electron chi connectivity index (χ4n) is 1.99. The van der Waals surface area contributed by atoms with Crippen molar-refractivity contribution in [2.24, 2.45) is 5.92 Å². The maximum atomic E-state index is 13.5. The molecule has 1 fully saturated rings. The number of amides is 1. The van der Waals surface area contributed by atoms with Gasteiger partial charge in [0, 0.05) is 22.2 Å². The molecule has 0 aromatic heterocycles. The Bertz CT molecular complexity index is 599. The highest BCUT2D eigenvalue weighted by Gasteiger charge is 2.28. The lowest BCUT2D eigenvalue weighted by Gasteiger charge is -2.12. The van der Waals surface area contributed by atoms with Crippen molar-refractivity contribution >= 4 is 33.9 Å². The molecular weight excluding hydrogens is 353 g/mol. The number of rotatable bonds is 6. The van der Waals surface area contributed by atoms with Crippen LogP contribution in [0.1, 0.15) is 25.3 Å². The van der Waals surface area contributed by atoms with Crippen LogP contribution in [0.4, 0.5) is 4.39 Å². The molecule has 1 aliphatic rings. The lowest BCUT2D eigenvalue weighted by molar-refractivity contribution is -0.144. The number of hydrogen-bond acceptors (Lipinski definition) is 3. The molecule has 0 radical (unpaired) electrons. The van der Waals surface area contributed by atoms with Crippen molar-refractivity contribution in [1.29, 1.82) is 0 Å². The molecule has 6 heteroatoms. The Morgan fingerprint density at radius 1 is 1.50 bits per heavy atom. The zero-order valence-corrected chi connectivity index (χ0v) is 13.7. The van der Waals surface area contributed by atoms with E-state index in [-0.39, 0.29) is 24.1 Å². The first-order valence-electron chi connectivity index (χ1n) is 7.05. The van der Waals surface area contributed by atoms with Gasteiger partial charge in [0.15, 0.2) is 6.61 Å². The summed E-state index contributed by atoms with van der Waals surface area (Å²) < 4.78 is 19.0. The normalized spacial score (nSPS) is 15.6. The van der Waals surface area contributed by atoms with Crippen molar-refractivity contribution in [2.45, 2.75) is 25.8 Å². The maximum absolute atomic E-state index is 13.5. The Balaban J connectivity index is 1.78. The molecule has 0 unspecified atom stereocenters. The zero-order valence-electron chi connectivity index (χ0n) is 12.1. The number of carbonyl (C=O) groups excluding carboxylic acids is 2. The van der Waals surface area contributed by atoms with Crippen LogP contribution in [0.15, 0.2) is 28.7 Å². The molecular formula is C16H17BrFNO3. The number of benzene rings is 1. The largest absolute Gasteiger partial charge is 0.452 e. The van der Waals surface area contributed by atoms with Gasteiger partial charge in [0.2, 0.25) is 0 Å². The summed E-state index contributed by atoms with van der Waals surface area (Å²) in [6, 6.07) is 4.51. The molecule has 4 nitrogen and oxygen atoms in total. The van der Waals surface area contributed by atoms with E-state index in [1.807, 2.05) is 6.92 Å². The van der Waals surface area contributed by atoms with Crippen molar-refractivity contribution in [3.05, 3.63) is 40.1 Å². The molecule has 0 heterocycles. The summed E-state index contributed by atoms with van der Waals surface area (Å²) in [5, 5.41) is 2.78. The van der Waals surface area contributed by atoms with Gasteiger partial charge >= 0.3 is 5.97 Å². The van der Waals surface area contributed by atoms with Crippen LogP contribution in [0.25, 0.3) is 6.08 Å². The topological polar surface area (TPSA) is 55.4 Å². The summed E-state index contributed by atoms with van der Waals surface area (Å²) in [7, 11) is 0. The predicted octanol–water partition coefficient (Wildman–Crippen LogP) is 3.06. The standard InChI is InChI=1S/C16H17BrFNO3/c1-10(11-2-3-11)19-15(20)9-22-16(21)7-4-12-8-13(17)5-6-14(12)18/h4-8,10-11H,2-3,9H2,1H3,(H,19,20)/b7-4+/t10-/m1/s1. The maximum Gasteiger partial charge on any atom is 0.331 e. The number of esters is 1. The minimum atomic E-state index is -0.686. The summed E-state index contributed by atoms with van der Waals surface area (Å²) in [4.78, 5) is 23.1. The first-order chi connectivity index (χ1) is 10.5. The Morgan fingerprint density at radius 3 is 2.91 bits per heavy atom. The van der Waals surface area contributed by atoms with E-state index in [1.165, 1.54) is 12.1 Å². The molecule has 0 aliphatic heterocycles. The lowest BCUT2D eigenvalue weighted by Crippen LogP contribution is -2.36. The van der Waals surface area contributed by atoms with Crippen LogP contribution in [0.3, 0.4) is 0 Å². The molecule has 2 rings (SSSR count). The monoisotopic (exact) mass is 369 g/mol. The molecule has 1 aromatic rings. The zero-order chi connectivity index (χ0) is 16.1. The quantitative estimate of drug-likeness (QED) is 0.619. The second-order valence-electron chi connectivity index (χ2n) is 5.30. The van der Waals surface area contributed by atoms with Gasteiger partial charge in [-0.15, -0.1) is 0 Å². The smallest absolute Gasteiger partial charge is 0.331 e. The average Bonchev–Trinajstić information content (AvgIpc) is 3.30. The molecule has 1 N–H and O–H groups in total. The number of carbonyl (C=O) groups is 2. The van der Waals surface area contributed by atoms with Crippen LogP contribution in [0.2, 0.25) is 0 Å². The van der Waals surface area contributed by atoms with Gasteiger partial charge in [-0.25, -0.2) is 9.18 Å². The Kier molecular flexibility index (Phi) is 5.71. The first-order valence-corrected chi connectivity index (χ1v) is 7.84. The van der Waals surface area contributed by atoms with E-state index in [1.54, 1.807) is 12.1 Å². The van der Waals surface area contributed by atoms with Crippen molar-refractivity contribution in [3.63, 3.8) is 0 Å². The summed E-state index contributed by atoms with van der Waals surface area (Å²) in [5.41, 5.74) is 0.262. The van der Waals surface area contributed by atoms with Crippen molar-refractivity contribution < 1.29 is 18.7 Å². The summed E-state index contributed by atoms with van der Waals surface area (Å²) in [6.45, 7) is 1.61. The molecule has 22 heavy (non-hydrogen) atoms. The van der Waals surface area contributed by atoms with Gasteiger partial charge in [-0.05, 0) is 50.0 Å².